The van der Waals surface area contributed by atoms with Crippen LogP contribution in [0.25, 0.3) is 0 Å². The Morgan fingerprint density at radius 1 is 1.21 bits per heavy atom. The molecule has 0 radical (unpaired) electrons. The van der Waals surface area contributed by atoms with Crippen molar-refractivity contribution in [2.45, 2.75) is 31.3 Å². The van der Waals surface area contributed by atoms with Gasteiger partial charge in [0.2, 0.25) is 0 Å². The zero-order valence-corrected chi connectivity index (χ0v) is 14.6. The summed E-state index contributed by atoms with van der Waals surface area (Å²) in [5, 5.41) is 22.3. The van der Waals surface area contributed by atoms with E-state index in [1.165, 1.54) is 11.1 Å². The van der Waals surface area contributed by atoms with Crippen LogP contribution in [-0.4, -0.2) is 45.3 Å². The summed E-state index contributed by atoms with van der Waals surface area (Å²) in [6, 6.07) is 7.80. The molecular formula is C19H24N2O2S. The normalized spacial score (nSPS) is 29.9. The van der Waals surface area contributed by atoms with Gasteiger partial charge in [-0.1, -0.05) is 6.07 Å². The SMILES string of the molecule is Oc1ccc(CCN2CC3CC(O)(Cc4cccs4)CC3C2)nc1. The molecule has 2 aliphatic rings. The van der Waals surface area contributed by atoms with Gasteiger partial charge in [-0.15, -0.1) is 11.3 Å². The number of pyridine rings is 1. The van der Waals surface area contributed by atoms with Gasteiger partial charge in [0, 0.05) is 43.0 Å². The number of aliphatic hydroxyl groups is 1. The van der Waals surface area contributed by atoms with Crippen molar-refractivity contribution in [2.75, 3.05) is 19.6 Å². The largest absolute Gasteiger partial charge is 0.506 e. The molecule has 0 bridgehead atoms. The quantitative estimate of drug-likeness (QED) is 0.876. The average molecular weight is 344 g/mol. The molecule has 4 rings (SSSR count). The maximum absolute atomic E-state index is 10.9. The van der Waals surface area contributed by atoms with Gasteiger partial charge < -0.3 is 15.1 Å². The van der Waals surface area contributed by atoms with Crippen LogP contribution in [0, 0.1) is 11.8 Å². The molecule has 1 aliphatic heterocycles. The molecule has 2 unspecified atom stereocenters. The first kappa shape index (κ1) is 16.1. The highest BCUT2D eigenvalue weighted by Gasteiger charge is 2.47. The van der Waals surface area contributed by atoms with E-state index in [2.05, 4.69) is 27.4 Å². The number of rotatable bonds is 5. The molecule has 24 heavy (non-hydrogen) atoms. The monoisotopic (exact) mass is 344 g/mol. The van der Waals surface area contributed by atoms with Crippen LogP contribution in [0.5, 0.6) is 5.75 Å². The summed E-state index contributed by atoms with van der Waals surface area (Å²) >= 11 is 1.75. The van der Waals surface area contributed by atoms with Crippen LogP contribution in [0.1, 0.15) is 23.4 Å². The number of likely N-dealkylation sites (tertiary alicyclic amines) is 1. The fourth-order valence-electron chi connectivity index (χ4n) is 4.46. The third-order valence-corrected chi connectivity index (χ3v) is 6.39. The van der Waals surface area contributed by atoms with Gasteiger partial charge in [0.15, 0.2) is 0 Å². The smallest absolute Gasteiger partial charge is 0.133 e. The number of aromatic hydroxyl groups is 1. The highest BCUT2D eigenvalue weighted by Crippen LogP contribution is 2.45. The Hall–Kier alpha value is -1.43. The Kier molecular flexibility index (Phi) is 4.33. The maximum atomic E-state index is 10.9. The summed E-state index contributed by atoms with van der Waals surface area (Å²) in [5.41, 5.74) is 0.532. The average Bonchev–Trinajstić information content (AvgIpc) is 3.22. The third kappa shape index (κ3) is 3.48. The van der Waals surface area contributed by atoms with Crippen LogP contribution in [0.15, 0.2) is 35.8 Å². The van der Waals surface area contributed by atoms with Crippen LogP contribution in [0.3, 0.4) is 0 Å². The Balaban J connectivity index is 1.29. The van der Waals surface area contributed by atoms with E-state index in [1.54, 1.807) is 17.4 Å². The topological polar surface area (TPSA) is 56.6 Å². The predicted molar refractivity (Wildman–Crippen MR) is 95.2 cm³/mol. The lowest BCUT2D eigenvalue weighted by atomic mass is 9.95. The van der Waals surface area contributed by atoms with Crippen LogP contribution >= 0.6 is 11.3 Å². The van der Waals surface area contributed by atoms with Crippen molar-refractivity contribution in [1.29, 1.82) is 0 Å². The van der Waals surface area contributed by atoms with E-state index in [0.29, 0.717) is 11.8 Å². The number of nitrogens with zero attached hydrogens (tertiary/aromatic N) is 2. The highest BCUT2D eigenvalue weighted by atomic mass is 32.1. The first-order chi connectivity index (χ1) is 11.6. The standard InChI is InChI=1S/C19H24N2O2S/c22-17-4-3-16(20-11-17)5-6-21-12-14-8-19(23,9-15(14)13-21)10-18-2-1-7-24-18/h1-4,7,11,14-15,22-23H,5-6,8-10,12-13H2. The second-order valence-electron chi connectivity index (χ2n) is 7.43. The molecule has 1 saturated heterocycles. The number of aromatic nitrogens is 1. The van der Waals surface area contributed by atoms with Gasteiger partial charge in [-0.25, -0.2) is 0 Å². The Labute approximate surface area is 146 Å². The lowest BCUT2D eigenvalue weighted by molar-refractivity contribution is 0.0363. The number of hydrogen-bond donors (Lipinski definition) is 2. The molecule has 1 saturated carbocycles. The molecule has 0 spiro atoms. The lowest BCUT2D eigenvalue weighted by Gasteiger charge is -2.25. The van der Waals surface area contributed by atoms with Gasteiger partial charge in [0.05, 0.1) is 11.8 Å². The molecule has 128 valence electrons. The molecule has 2 aromatic heterocycles. The molecule has 0 aromatic carbocycles. The molecule has 3 heterocycles. The first-order valence-corrected chi connectivity index (χ1v) is 9.59. The lowest BCUT2D eigenvalue weighted by Crippen LogP contribution is -2.32. The molecule has 1 aliphatic carbocycles. The van der Waals surface area contributed by atoms with E-state index in [9.17, 15) is 10.2 Å². The molecule has 2 N–H and O–H groups in total. The second-order valence-corrected chi connectivity index (χ2v) is 8.46. The van der Waals surface area contributed by atoms with Crippen molar-refractivity contribution in [2.24, 2.45) is 11.8 Å². The Morgan fingerprint density at radius 3 is 2.62 bits per heavy atom. The summed E-state index contributed by atoms with van der Waals surface area (Å²) in [7, 11) is 0. The molecule has 2 fully saturated rings. The van der Waals surface area contributed by atoms with Crippen LogP contribution < -0.4 is 0 Å². The minimum atomic E-state index is -0.495. The van der Waals surface area contributed by atoms with Crippen molar-refractivity contribution in [3.63, 3.8) is 0 Å². The van der Waals surface area contributed by atoms with Gasteiger partial charge in [0.25, 0.3) is 0 Å². The number of thiophene rings is 1. The van der Waals surface area contributed by atoms with Gasteiger partial charge in [-0.05, 0) is 48.3 Å². The summed E-state index contributed by atoms with van der Waals surface area (Å²) in [4.78, 5) is 8.07. The fraction of sp³-hybridized carbons (Fsp3) is 0.526. The predicted octanol–water partition coefficient (Wildman–Crippen LogP) is 2.71. The molecular weight excluding hydrogens is 320 g/mol. The van der Waals surface area contributed by atoms with Crippen molar-refractivity contribution in [3.8, 4) is 5.75 Å². The molecule has 5 heteroatoms. The summed E-state index contributed by atoms with van der Waals surface area (Å²) in [5.74, 6) is 1.48. The van der Waals surface area contributed by atoms with Gasteiger partial charge >= 0.3 is 0 Å². The summed E-state index contributed by atoms with van der Waals surface area (Å²) < 4.78 is 0. The Morgan fingerprint density at radius 2 is 2.00 bits per heavy atom. The first-order valence-electron chi connectivity index (χ1n) is 8.71. The fourth-order valence-corrected chi connectivity index (χ4v) is 5.30. The van der Waals surface area contributed by atoms with Crippen molar-refractivity contribution >= 4 is 11.3 Å². The zero-order valence-electron chi connectivity index (χ0n) is 13.8. The molecule has 0 amide bonds. The van der Waals surface area contributed by atoms with E-state index in [-0.39, 0.29) is 5.75 Å². The van der Waals surface area contributed by atoms with E-state index in [0.717, 1.165) is 51.0 Å². The van der Waals surface area contributed by atoms with Crippen LogP contribution in [-0.2, 0) is 12.8 Å². The van der Waals surface area contributed by atoms with Crippen molar-refractivity contribution in [1.82, 2.24) is 9.88 Å². The van der Waals surface area contributed by atoms with Crippen molar-refractivity contribution in [3.05, 3.63) is 46.4 Å². The van der Waals surface area contributed by atoms with E-state index < -0.39 is 5.60 Å². The summed E-state index contributed by atoms with van der Waals surface area (Å²) in [6.07, 6.45) is 5.11. The Bertz CT molecular complexity index is 657. The van der Waals surface area contributed by atoms with Crippen LogP contribution in [0.4, 0.5) is 0 Å². The number of fused-ring (bicyclic) bond motifs is 1. The van der Waals surface area contributed by atoms with E-state index in [4.69, 9.17) is 0 Å². The third-order valence-electron chi connectivity index (χ3n) is 5.51. The molecule has 2 atom stereocenters. The second kappa shape index (κ2) is 6.47. The van der Waals surface area contributed by atoms with Crippen LogP contribution in [0.2, 0.25) is 0 Å². The molecule has 2 aromatic rings. The van der Waals surface area contributed by atoms with E-state index >= 15 is 0 Å². The van der Waals surface area contributed by atoms with E-state index in [1.807, 2.05) is 6.07 Å². The van der Waals surface area contributed by atoms with Gasteiger partial charge in [0.1, 0.15) is 5.75 Å². The van der Waals surface area contributed by atoms with Crippen molar-refractivity contribution < 1.29 is 10.2 Å². The minimum Gasteiger partial charge on any atom is -0.506 e. The van der Waals surface area contributed by atoms with Gasteiger partial charge in [-0.3, -0.25) is 4.98 Å². The molecule has 4 nitrogen and oxygen atoms in total. The highest BCUT2D eigenvalue weighted by molar-refractivity contribution is 7.09. The summed E-state index contributed by atoms with van der Waals surface area (Å²) in [6.45, 7) is 3.19. The zero-order chi connectivity index (χ0) is 16.6. The van der Waals surface area contributed by atoms with Gasteiger partial charge in [-0.2, -0.15) is 0 Å². The number of hydrogen-bond acceptors (Lipinski definition) is 5. The minimum absolute atomic E-state index is 0.222. The maximum Gasteiger partial charge on any atom is 0.133 e.